The summed E-state index contributed by atoms with van der Waals surface area (Å²) in [6.45, 7) is 4.20. The van der Waals surface area contributed by atoms with Gasteiger partial charge in [-0.1, -0.05) is 33.7 Å². The van der Waals surface area contributed by atoms with Crippen molar-refractivity contribution in [3.63, 3.8) is 0 Å². The molecule has 0 fully saturated rings. The van der Waals surface area contributed by atoms with E-state index in [2.05, 4.69) is 46.2 Å². The van der Waals surface area contributed by atoms with Crippen molar-refractivity contribution in [1.82, 2.24) is 9.80 Å². The fourth-order valence-electron chi connectivity index (χ4n) is 3.26. The lowest BCUT2D eigenvalue weighted by molar-refractivity contribution is 0.0769. The standard InChI is InChI=1S/C20H24N2O4S2/c23-7-5-21-11-15-1-3-17(9-19(15)25-13-21)27-28-18-4-2-16-12-22(6-8-24)14-26-20(16)10-18/h1-4,9-10,23-24H,5-8,11-14H2. The highest BCUT2D eigenvalue weighted by Crippen LogP contribution is 2.41. The topological polar surface area (TPSA) is 65.4 Å². The van der Waals surface area contributed by atoms with Crippen molar-refractivity contribution in [1.29, 1.82) is 0 Å². The minimum atomic E-state index is 0.146. The minimum Gasteiger partial charge on any atom is -0.478 e. The van der Waals surface area contributed by atoms with Crippen LogP contribution in [0.5, 0.6) is 11.5 Å². The zero-order valence-electron chi connectivity index (χ0n) is 15.5. The molecule has 2 aliphatic heterocycles. The van der Waals surface area contributed by atoms with Crippen molar-refractivity contribution in [2.75, 3.05) is 39.8 Å². The first kappa shape index (κ1) is 19.9. The maximum atomic E-state index is 9.08. The van der Waals surface area contributed by atoms with Gasteiger partial charge in [0.05, 0.1) is 13.2 Å². The van der Waals surface area contributed by atoms with E-state index in [0.29, 0.717) is 26.6 Å². The van der Waals surface area contributed by atoms with Gasteiger partial charge < -0.3 is 19.7 Å². The molecule has 2 N–H and O–H groups in total. The molecule has 28 heavy (non-hydrogen) atoms. The molecule has 150 valence electrons. The van der Waals surface area contributed by atoms with Crippen molar-refractivity contribution >= 4 is 21.6 Å². The van der Waals surface area contributed by atoms with Crippen LogP contribution in [0.4, 0.5) is 0 Å². The lowest BCUT2D eigenvalue weighted by Crippen LogP contribution is -2.34. The van der Waals surface area contributed by atoms with E-state index in [1.807, 2.05) is 0 Å². The molecule has 2 heterocycles. The number of hydrogen-bond acceptors (Lipinski definition) is 8. The zero-order chi connectivity index (χ0) is 19.3. The summed E-state index contributed by atoms with van der Waals surface area (Å²) in [6.07, 6.45) is 0. The number of β-amino-alcohol motifs (C(OH)–C–C–N with tert-alkyl or cyclic N) is 2. The van der Waals surface area contributed by atoms with Crippen molar-refractivity contribution in [2.24, 2.45) is 0 Å². The Bertz CT molecular complexity index is 753. The van der Waals surface area contributed by atoms with E-state index in [0.717, 1.165) is 45.5 Å². The normalized spacial score (nSPS) is 16.8. The first-order chi connectivity index (χ1) is 13.7. The van der Waals surface area contributed by atoms with Gasteiger partial charge in [0.1, 0.15) is 25.0 Å². The van der Waals surface area contributed by atoms with E-state index < -0.39 is 0 Å². The van der Waals surface area contributed by atoms with E-state index in [1.165, 1.54) is 0 Å². The summed E-state index contributed by atoms with van der Waals surface area (Å²) in [5.74, 6) is 1.86. The third kappa shape index (κ3) is 4.76. The summed E-state index contributed by atoms with van der Waals surface area (Å²) < 4.78 is 11.7. The number of nitrogens with zero attached hydrogens (tertiary/aromatic N) is 2. The molecule has 0 aliphatic carbocycles. The molecule has 0 amide bonds. The summed E-state index contributed by atoms with van der Waals surface area (Å²) in [4.78, 5) is 6.46. The van der Waals surface area contributed by atoms with E-state index in [-0.39, 0.29) is 13.2 Å². The van der Waals surface area contributed by atoms with Gasteiger partial charge in [0.2, 0.25) is 0 Å². The third-order valence-corrected chi connectivity index (χ3v) is 7.12. The van der Waals surface area contributed by atoms with Crippen LogP contribution in [0, 0.1) is 0 Å². The average Bonchev–Trinajstić information content (AvgIpc) is 2.72. The van der Waals surface area contributed by atoms with Gasteiger partial charge in [-0.05, 0) is 24.3 Å². The summed E-state index contributed by atoms with van der Waals surface area (Å²) >= 11 is 0. The molecule has 0 bridgehead atoms. The van der Waals surface area contributed by atoms with Crippen LogP contribution in [-0.2, 0) is 13.1 Å². The van der Waals surface area contributed by atoms with Crippen molar-refractivity contribution < 1.29 is 19.7 Å². The first-order valence-electron chi connectivity index (χ1n) is 9.27. The van der Waals surface area contributed by atoms with Crippen LogP contribution in [0.3, 0.4) is 0 Å². The van der Waals surface area contributed by atoms with Gasteiger partial charge in [0, 0.05) is 47.1 Å². The SMILES string of the molecule is OCCN1COc2cc(SSc3ccc4c(c3)OCN(CCO)C4)ccc2C1. The van der Waals surface area contributed by atoms with Gasteiger partial charge in [-0.2, -0.15) is 0 Å². The molecule has 2 aromatic carbocycles. The second kappa shape index (κ2) is 9.39. The van der Waals surface area contributed by atoms with Crippen molar-refractivity contribution in [3.05, 3.63) is 47.5 Å². The van der Waals surface area contributed by atoms with Crippen LogP contribution in [0.1, 0.15) is 11.1 Å². The molecule has 4 rings (SSSR count). The highest BCUT2D eigenvalue weighted by atomic mass is 33.1. The highest BCUT2D eigenvalue weighted by Gasteiger charge is 2.19. The molecule has 8 heteroatoms. The molecular weight excluding hydrogens is 396 g/mol. The summed E-state index contributed by atoms with van der Waals surface area (Å²) in [5.41, 5.74) is 2.31. The molecule has 6 nitrogen and oxygen atoms in total. The van der Waals surface area contributed by atoms with E-state index in [9.17, 15) is 0 Å². The largest absolute Gasteiger partial charge is 0.478 e. The Balaban J connectivity index is 1.36. The van der Waals surface area contributed by atoms with Crippen LogP contribution in [0.15, 0.2) is 46.2 Å². The van der Waals surface area contributed by atoms with E-state index >= 15 is 0 Å². The number of ether oxygens (including phenoxy) is 2. The van der Waals surface area contributed by atoms with Crippen LogP contribution < -0.4 is 9.47 Å². The Kier molecular flexibility index (Phi) is 6.66. The Morgan fingerprint density at radius 3 is 1.64 bits per heavy atom. The van der Waals surface area contributed by atoms with Crippen LogP contribution in [0.25, 0.3) is 0 Å². The highest BCUT2D eigenvalue weighted by molar-refractivity contribution is 8.76. The average molecular weight is 421 g/mol. The lowest BCUT2D eigenvalue weighted by Gasteiger charge is -2.28. The number of fused-ring (bicyclic) bond motifs is 2. The predicted octanol–water partition coefficient (Wildman–Crippen LogP) is 2.77. The Labute approximate surface area is 172 Å². The number of hydrogen-bond donors (Lipinski definition) is 2. The van der Waals surface area contributed by atoms with E-state index in [1.54, 1.807) is 21.6 Å². The summed E-state index contributed by atoms with van der Waals surface area (Å²) in [6, 6.07) is 12.6. The van der Waals surface area contributed by atoms with Crippen LogP contribution in [0.2, 0.25) is 0 Å². The van der Waals surface area contributed by atoms with Gasteiger partial charge in [-0.3, -0.25) is 9.80 Å². The molecule has 2 aliphatic rings. The predicted molar refractivity (Wildman–Crippen MR) is 111 cm³/mol. The van der Waals surface area contributed by atoms with Crippen LogP contribution >= 0.6 is 21.6 Å². The second-order valence-electron chi connectivity index (χ2n) is 6.80. The summed E-state index contributed by atoms with van der Waals surface area (Å²) in [5, 5.41) is 18.2. The smallest absolute Gasteiger partial charge is 0.142 e. The molecule has 0 saturated heterocycles. The Morgan fingerprint density at radius 2 is 1.21 bits per heavy atom. The second-order valence-corrected chi connectivity index (χ2v) is 9.08. The number of benzene rings is 2. The molecule has 0 spiro atoms. The molecule has 2 aromatic rings. The Hall–Kier alpha value is -1.42. The number of aliphatic hydroxyl groups excluding tert-OH is 2. The van der Waals surface area contributed by atoms with Gasteiger partial charge in [-0.15, -0.1) is 0 Å². The molecule has 0 unspecified atom stereocenters. The summed E-state index contributed by atoms with van der Waals surface area (Å²) in [7, 11) is 3.40. The number of aliphatic hydroxyl groups is 2. The maximum absolute atomic E-state index is 9.08. The van der Waals surface area contributed by atoms with Crippen molar-refractivity contribution in [3.8, 4) is 11.5 Å². The maximum Gasteiger partial charge on any atom is 0.142 e. The molecule has 0 saturated carbocycles. The molecule has 0 atom stereocenters. The minimum absolute atomic E-state index is 0.146. The van der Waals surface area contributed by atoms with Gasteiger partial charge in [-0.25, -0.2) is 0 Å². The fraction of sp³-hybridized carbons (Fsp3) is 0.400. The molecular formula is C20H24N2O4S2. The van der Waals surface area contributed by atoms with Gasteiger partial charge in [0.25, 0.3) is 0 Å². The lowest BCUT2D eigenvalue weighted by atomic mass is 10.1. The molecule has 0 radical (unpaired) electrons. The van der Waals surface area contributed by atoms with Crippen molar-refractivity contribution in [2.45, 2.75) is 22.9 Å². The number of rotatable bonds is 7. The van der Waals surface area contributed by atoms with Crippen LogP contribution in [-0.4, -0.2) is 59.8 Å². The zero-order valence-corrected chi connectivity index (χ0v) is 17.2. The molecule has 0 aromatic heterocycles. The Morgan fingerprint density at radius 1 is 0.750 bits per heavy atom. The van der Waals surface area contributed by atoms with Gasteiger partial charge >= 0.3 is 0 Å². The monoisotopic (exact) mass is 420 g/mol. The fourth-order valence-corrected chi connectivity index (χ4v) is 5.21. The first-order valence-corrected chi connectivity index (χ1v) is 11.4. The third-order valence-electron chi connectivity index (χ3n) is 4.74. The quantitative estimate of drug-likeness (QED) is 0.663. The van der Waals surface area contributed by atoms with E-state index in [4.69, 9.17) is 19.7 Å². The van der Waals surface area contributed by atoms with Gasteiger partial charge in [0.15, 0.2) is 0 Å².